The summed E-state index contributed by atoms with van der Waals surface area (Å²) in [7, 11) is 1.40. The van der Waals surface area contributed by atoms with E-state index in [1.54, 1.807) is 6.07 Å². The highest BCUT2D eigenvalue weighted by Gasteiger charge is 2.24. The molecule has 2 rings (SSSR count). The Morgan fingerprint density at radius 1 is 1.29 bits per heavy atom. The third kappa shape index (κ3) is 4.68. The Morgan fingerprint density at radius 3 is 2.35 bits per heavy atom. The number of primary amides is 1. The number of carbonyl (C=O) groups excluding carboxylic acids is 2. The summed E-state index contributed by atoms with van der Waals surface area (Å²) in [6.45, 7) is 1.31. The topological polar surface area (TPSA) is 69.4 Å². The number of methoxy groups -OCH3 is 1. The lowest BCUT2D eigenvalue weighted by Gasteiger charge is -2.01. The Hall–Kier alpha value is -1.84. The number of carbonyl (C=O) groups is 2. The van der Waals surface area contributed by atoms with Crippen molar-refractivity contribution < 1.29 is 14.3 Å². The van der Waals surface area contributed by atoms with Crippen LogP contribution in [0.5, 0.6) is 0 Å². The molecule has 0 aromatic heterocycles. The zero-order valence-electron chi connectivity index (χ0n) is 10.0. The summed E-state index contributed by atoms with van der Waals surface area (Å²) in [4.78, 5) is 20.4. The van der Waals surface area contributed by atoms with Gasteiger partial charge in [-0.3, -0.25) is 4.79 Å². The predicted octanol–water partition coefficient (Wildman–Crippen LogP) is 1.68. The zero-order chi connectivity index (χ0) is 12.8. The third-order valence-electron chi connectivity index (χ3n) is 2.19. The molecule has 2 N–H and O–H groups in total. The molecule has 0 spiro atoms. The molecule has 0 bridgehead atoms. The first kappa shape index (κ1) is 13.2. The SMILES string of the molecule is CC(N)=O.COC(=O)c1cccc([C]2CC2)c1. The average molecular weight is 234 g/mol. The van der Waals surface area contributed by atoms with E-state index in [0.717, 1.165) is 0 Å². The van der Waals surface area contributed by atoms with E-state index in [4.69, 9.17) is 0 Å². The van der Waals surface area contributed by atoms with Crippen LogP contribution in [0.25, 0.3) is 0 Å². The number of ether oxygens (including phenoxy) is 1. The Kier molecular flexibility index (Phi) is 4.69. The van der Waals surface area contributed by atoms with Crippen LogP contribution in [0.3, 0.4) is 0 Å². The number of nitrogens with two attached hydrogens (primary N) is 1. The maximum atomic E-state index is 11.2. The highest BCUT2D eigenvalue weighted by molar-refractivity contribution is 5.89. The summed E-state index contributed by atoms with van der Waals surface area (Å²) in [5.41, 5.74) is 6.29. The van der Waals surface area contributed by atoms with E-state index >= 15 is 0 Å². The van der Waals surface area contributed by atoms with Gasteiger partial charge in [-0.05, 0) is 30.5 Å². The highest BCUT2D eigenvalue weighted by atomic mass is 16.5. The second-order valence-electron chi connectivity index (χ2n) is 3.79. The number of benzene rings is 1. The number of hydrogen-bond acceptors (Lipinski definition) is 3. The van der Waals surface area contributed by atoms with Gasteiger partial charge in [-0.15, -0.1) is 0 Å². The largest absolute Gasteiger partial charge is 0.465 e. The van der Waals surface area contributed by atoms with E-state index in [1.165, 1.54) is 38.4 Å². The van der Waals surface area contributed by atoms with E-state index in [9.17, 15) is 9.59 Å². The Balaban J connectivity index is 0.000000317. The minimum Gasteiger partial charge on any atom is -0.465 e. The van der Waals surface area contributed by atoms with Crippen molar-refractivity contribution in [3.05, 3.63) is 41.3 Å². The van der Waals surface area contributed by atoms with Crippen LogP contribution in [0, 0.1) is 5.92 Å². The van der Waals surface area contributed by atoms with Gasteiger partial charge in [0.05, 0.1) is 12.7 Å². The van der Waals surface area contributed by atoms with Gasteiger partial charge < -0.3 is 10.5 Å². The standard InChI is InChI=1S/C11H11O2.C2H5NO/c1-13-11(12)10-4-2-3-9(7-10)8-5-6-8;1-2(3)4/h2-4,7H,5-6H2,1H3;1H3,(H2,3,4). The molecule has 0 aliphatic heterocycles. The fourth-order valence-corrected chi connectivity index (χ4v) is 1.34. The van der Waals surface area contributed by atoms with Crippen LogP contribution in [0.1, 0.15) is 35.7 Å². The van der Waals surface area contributed by atoms with Gasteiger partial charge in [-0.25, -0.2) is 4.79 Å². The Morgan fingerprint density at radius 2 is 1.88 bits per heavy atom. The fourth-order valence-electron chi connectivity index (χ4n) is 1.34. The molecule has 4 heteroatoms. The molecule has 0 atom stereocenters. The molecule has 4 nitrogen and oxygen atoms in total. The molecule has 0 saturated heterocycles. The predicted molar refractivity (Wildman–Crippen MR) is 64.2 cm³/mol. The molecule has 1 radical (unpaired) electrons. The maximum Gasteiger partial charge on any atom is 0.337 e. The van der Waals surface area contributed by atoms with Crippen molar-refractivity contribution >= 4 is 11.9 Å². The van der Waals surface area contributed by atoms with Crippen molar-refractivity contribution in [2.24, 2.45) is 5.73 Å². The van der Waals surface area contributed by atoms with Gasteiger partial charge in [-0.2, -0.15) is 0 Å². The van der Waals surface area contributed by atoms with Crippen LogP contribution in [0.15, 0.2) is 24.3 Å². The van der Waals surface area contributed by atoms with Crippen molar-refractivity contribution in [2.45, 2.75) is 19.8 Å². The van der Waals surface area contributed by atoms with Gasteiger partial charge in [0.15, 0.2) is 0 Å². The van der Waals surface area contributed by atoms with Gasteiger partial charge in [0, 0.05) is 12.8 Å². The first-order valence-corrected chi connectivity index (χ1v) is 5.34. The van der Waals surface area contributed by atoms with Crippen LogP contribution in [0.2, 0.25) is 0 Å². The summed E-state index contributed by atoms with van der Waals surface area (Å²) < 4.78 is 4.64. The Labute approximate surface area is 101 Å². The number of hydrogen-bond donors (Lipinski definition) is 1. The van der Waals surface area contributed by atoms with Crippen molar-refractivity contribution in [1.82, 2.24) is 0 Å². The second kappa shape index (κ2) is 6.03. The molecule has 0 unspecified atom stereocenters. The van der Waals surface area contributed by atoms with Crippen molar-refractivity contribution in [3.63, 3.8) is 0 Å². The van der Waals surface area contributed by atoms with Crippen molar-refractivity contribution in [2.75, 3.05) is 7.11 Å². The van der Waals surface area contributed by atoms with Gasteiger partial charge >= 0.3 is 5.97 Å². The minimum atomic E-state index is -0.333. The van der Waals surface area contributed by atoms with Crippen LogP contribution in [-0.2, 0) is 9.53 Å². The summed E-state index contributed by atoms with van der Waals surface area (Å²) in [6.07, 6.45) is 2.34. The van der Waals surface area contributed by atoms with E-state index in [-0.39, 0.29) is 11.9 Å². The average Bonchev–Trinajstić information content (AvgIpc) is 3.11. The summed E-state index contributed by atoms with van der Waals surface area (Å²) in [5, 5.41) is 0. The van der Waals surface area contributed by atoms with E-state index in [0.29, 0.717) is 5.56 Å². The molecular formula is C13H16NO3. The zero-order valence-corrected chi connectivity index (χ0v) is 10.0. The molecule has 1 aromatic rings. The molecule has 1 aromatic carbocycles. The van der Waals surface area contributed by atoms with Crippen LogP contribution >= 0.6 is 0 Å². The van der Waals surface area contributed by atoms with Gasteiger partial charge in [0.25, 0.3) is 0 Å². The van der Waals surface area contributed by atoms with Crippen LogP contribution < -0.4 is 5.73 Å². The highest BCUT2D eigenvalue weighted by Crippen LogP contribution is 2.38. The quantitative estimate of drug-likeness (QED) is 0.791. The number of amides is 1. The number of esters is 1. The van der Waals surface area contributed by atoms with Crippen molar-refractivity contribution in [3.8, 4) is 0 Å². The van der Waals surface area contributed by atoms with Gasteiger partial charge in [0.2, 0.25) is 5.91 Å². The molecule has 1 saturated carbocycles. The van der Waals surface area contributed by atoms with E-state index in [2.05, 4.69) is 10.5 Å². The maximum absolute atomic E-state index is 11.2. The monoisotopic (exact) mass is 234 g/mol. The molecule has 17 heavy (non-hydrogen) atoms. The van der Waals surface area contributed by atoms with Crippen molar-refractivity contribution in [1.29, 1.82) is 0 Å². The number of rotatable bonds is 2. The molecular weight excluding hydrogens is 218 g/mol. The molecule has 1 fully saturated rings. The van der Waals surface area contributed by atoms with E-state index in [1.807, 2.05) is 18.2 Å². The summed E-state index contributed by atoms with van der Waals surface area (Å²) in [6, 6.07) is 7.61. The van der Waals surface area contributed by atoms with Gasteiger partial charge in [0.1, 0.15) is 0 Å². The lowest BCUT2D eigenvalue weighted by molar-refractivity contribution is -0.115. The minimum absolute atomic E-state index is 0.261. The lowest BCUT2D eigenvalue weighted by Crippen LogP contribution is -2.01. The normalized spacial score (nSPS) is 13.3. The fraction of sp³-hybridized carbons (Fsp3) is 0.308. The smallest absolute Gasteiger partial charge is 0.337 e. The Bertz CT molecular complexity index is 407. The van der Waals surface area contributed by atoms with Crippen LogP contribution in [0.4, 0.5) is 0 Å². The summed E-state index contributed by atoms with van der Waals surface area (Å²) in [5.74, 6) is 0.842. The molecule has 91 valence electrons. The first-order valence-electron chi connectivity index (χ1n) is 5.34. The lowest BCUT2D eigenvalue weighted by atomic mass is 10.1. The third-order valence-corrected chi connectivity index (χ3v) is 2.19. The summed E-state index contributed by atoms with van der Waals surface area (Å²) >= 11 is 0. The van der Waals surface area contributed by atoms with E-state index < -0.39 is 0 Å². The van der Waals surface area contributed by atoms with Crippen LogP contribution in [-0.4, -0.2) is 19.0 Å². The molecule has 1 aliphatic rings. The van der Waals surface area contributed by atoms with Gasteiger partial charge in [-0.1, -0.05) is 12.1 Å². The first-order chi connectivity index (χ1) is 8.04. The molecule has 1 aliphatic carbocycles. The molecule has 1 amide bonds. The molecule has 0 heterocycles. The second-order valence-corrected chi connectivity index (χ2v) is 3.79.